The monoisotopic (exact) mass is 351 g/mol. The molecule has 0 amide bonds. The largest absolute Gasteiger partial charge is 0.192 e. The zero-order valence-corrected chi connectivity index (χ0v) is 17.0. The standard InChI is InChI=1S/C25H37N/c1-3-4-20-6-13-24(14-7-20)25-15-8-21(9-16-25)5-11-23-12-10-22(18-26)17-19(23)2/h10,12,17,20-21,24-25H,3-9,11,13-16H2,1-2H3. The molecular formula is C25H37N. The topological polar surface area (TPSA) is 23.8 Å². The number of nitriles is 1. The van der Waals surface area contributed by atoms with Gasteiger partial charge in [-0.05, 0) is 92.4 Å². The van der Waals surface area contributed by atoms with Crippen LogP contribution in [0.3, 0.4) is 0 Å². The first-order chi connectivity index (χ1) is 12.7. The van der Waals surface area contributed by atoms with Gasteiger partial charge < -0.3 is 0 Å². The van der Waals surface area contributed by atoms with Gasteiger partial charge >= 0.3 is 0 Å². The highest BCUT2D eigenvalue weighted by atomic mass is 14.4. The summed E-state index contributed by atoms with van der Waals surface area (Å²) in [6.45, 7) is 4.49. The van der Waals surface area contributed by atoms with Crippen molar-refractivity contribution in [2.45, 2.75) is 90.9 Å². The van der Waals surface area contributed by atoms with Crippen LogP contribution in [0.25, 0.3) is 0 Å². The van der Waals surface area contributed by atoms with Crippen LogP contribution >= 0.6 is 0 Å². The summed E-state index contributed by atoms with van der Waals surface area (Å²) in [6.07, 6.45) is 17.3. The van der Waals surface area contributed by atoms with Crippen molar-refractivity contribution < 1.29 is 0 Å². The van der Waals surface area contributed by atoms with E-state index in [1.165, 1.54) is 88.2 Å². The molecule has 2 fully saturated rings. The van der Waals surface area contributed by atoms with Crippen molar-refractivity contribution in [3.8, 4) is 6.07 Å². The van der Waals surface area contributed by atoms with Crippen LogP contribution in [0.5, 0.6) is 0 Å². The Morgan fingerprint density at radius 1 is 0.885 bits per heavy atom. The van der Waals surface area contributed by atoms with Gasteiger partial charge in [-0.15, -0.1) is 0 Å². The van der Waals surface area contributed by atoms with Crippen LogP contribution in [0.1, 0.15) is 94.2 Å². The number of aryl methyl sites for hydroxylation is 2. The average molecular weight is 352 g/mol. The van der Waals surface area contributed by atoms with Gasteiger partial charge in [-0.1, -0.05) is 51.5 Å². The normalized spacial score (nSPS) is 29.3. The fourth-order valence-electron chi connectivity index (χ4n) is 5.71. The highest BCUT2D eigenvalue weighted by Crippen LogP contribution is 2.43. The van der Waals surface area contributed by atoms with E-state index in [2.05, 4.69) is 26.0 Å². The van der Waals surface area contributed by atoms with Gasteiger partial charge in [-0.25, -0.2) is 0 Å². The highest BCUT2D eigenvalue weighted by molar-refractivity contribution is 5.37. The molecule has 0 saturated heterocycles. The van der Waals surface area contributed by atoms with Gasteiger partial charge in [0.15, 0.2) is 0 Å². The first kappa shape index (κ1) is 19.5. The highest BCUT2D eigenvalue weighted by Gasteiger charge is 2.30. The van der Waals surface area contributed by atoms with Crippen LogP contribution in [-0.2, 0) is 6.42 Å². The molecule has 26 heavy (non-hydrogen) atoms. The number of hydrogen-bond acceptors (Lipinski definition) is 1. The molecule has 2 saturated carbocycles. The molecule has 0 aliphatic heterocycles. The van der Waals surface area contributed by atoms with Crippen molar-refractivity contribution in [3.63, 3.8) is 0 Å². The van der Waals surface area contributed by atoms with Crippen LogP contribution in [0.4, 0.5) is 0 Å². The average Bonchev–Trinajstić information content (AvgIpc) is 2.68. The van der Waals surface area contributed by atoms with Gasteiger partial charge in [0, 0.05) is 0 Å². The molecule has 0 N–H and O–H groups in total. The summed E-state index contributed by atoms with van der Waals surface area (Å²) in [6, 6.07) is 8.44. The van der Waals surface area contributed by atoms with Gasteiger partial charge in [0.25, 0.3) is 0 Å². The van der Waals surface area contributed by atoms with E-state index in [0.717, 1.165) is 29.2 Å². The van der Waals surface area contributed by atoms with Crippen LogP contribution < -0.4 is 0 Å². The Bertz CT molecular complexity index is 595. The lowest BCUT2D eigenvalue weighted by molar-refractivity contribution is 0.141. The molecule has 1 aromatic rings. The molecule has 0 heterocycles. The minimum Gasteiger partial charge on any atom is -0.192 e. The van der Waals surface area contributed by atoms with Gasteiger partial charge in [-0.2, -0.15) is 5.26 Å². The van der Waals surface area contributed by atoms with E-state index >= 15 is 0 Å². The van der Waals surface area contributed by atoms with Crippen molar-refractivity contribution >= 4 is 0 Å². The number of hydrogen-bond donors (Lipinski definition) is 0. The summed E-state index contributed by atoms with van der Waals surface area (Å²) in [5.41, 5.74) is 3.53. The second-order valence-electron chi connectivity index (χ2n) is 9.14. The Balaban J connectivity index is 1.40. The van der Waals surface area contributed by atoms with E-state index in [1.54, 1.807) is 0 Å². The zero-order chi connectivity index (χ0) is 18.4. The Kier molecular flexibility index (Phi) is 7.18. The van der Waals surface area contributed by atoms with Gasteiger partial charge in [0.05, 0.1) is 11.6 Å². The van der Waals surface area contributed by atoms with Gasteiger partial charge in [0.1, 0.15) is 0 Å². The third-order valence-corrected chi connectivity index (χ3v) is 7.44. The Morgan fingerprint density at radius 3 is 1.96 bits per heavy atom. The van der Waals surface area contributed by atoms with Crippen LogP contribution in [0, 0.1) is 41.9 Å². The summed E-state index contributed by atoms with van der Waals surface area (Å²) < 4.78 is 0. The third kappa shape index (κ3) is 5.12. The number of benzene rings is 1. The molecule has 0 aromatic heterocycles. The van der Waals surface area contributed by atoms with E-state index in [4.69, 9.17) is 5.26 Å². The lowest BCUT2D eigenvalue weighted by atomic mass is 9.68. The SMILES string of the molecule is CCCC1CCC(C2CCC(CCc3ccc(C#N)cc3C)CC2)CC1. The summed E-state index contributed by atoms with van der Waals surface area (Å²) in [4.78, 5) is 0. The summed E-state index contributed by atoms with van der Waals surface area (Å²) in [5, 5.41) is 9.01. The lowest BCUT2D eigenvalue weighted by Crippen LogP contribution is -2.26. The molecule has 1 aromatic carbocycles. The third-order valence-electron chi connectivity index (χ3n) is 7.44. The molecule has 0 atom stereocenters. The molecule has 0 radical (unpaired) electrons. The Morgan fingerprint density at radius 2 is 1.46 bits per heavy atom. The molecule has 1 heteroatoms. The van der Waals surface area contributed by atoms with Crippen LogP contribution in [0.2, 0.25) is 0 Å². The van der Waals surface area contributed by atoms with E-state index < -0.39 is 0 Å². The maximum Gasteiger partial charge on any atom is 0.0991 e. The molecule has 0 bridgehead atoms. The minimum absolute atomic E-state index is 0.792. The smallest absolute Gasteiger partial charge is 0.0991 e. The molecule has 2 aliphatic rings. The second-order valence-corrected chi connectivity index (χ2v) is 9.14. The van der Waals surface area contributed by atoms with E-state index in [1.807, 2.05) is 12.1 Å². The molecule has 0 spiro atoms. The Labute approximate surface area is 161 Å². The lowest BCUT2D eigenvalue weighted by Gasteiger charge is -2.38. The first-order valence-electron chi connectivity index (χ1n) is 11.2. The maximum absolute atomic E-state index is 9.01. The van der Waals surface area contributed by atoms with Crippen LogP contribution in [0.15, 0.2) is 18.2 Å². The van der Waals surface area contributed by atoms with Crippen molar-refractivity contribution in [2.75, 3.05) is 0 Å². The van der Waals surface area contributed by atoms with Crippen LogP contribution in [-0.4, -0.2) is 0 Å². The molecule has 1 nitrogen and oxygen atoms in total. The maximum atomic E-state index is 9.01. The van der Waals surface area contributed by atoms with Crippen molar-refractivity contribution in [2.24, 2.45) is 23.7 Å². The fraction of sp³-hybridized carbons (Fsp3) is 0.720. The van der Waals surface area contributed by atoms with E-state index in [-0.39, 0.29) is 0 Å². The number of nitrogens with zero attached hydrogens (tertiary/aromatic N) is 1. The van der Waals surface area contributed by atoms with E-state index in [9.17, 15) is 0 Å². The minimum atomic E-state index is 0.792. The van der Waals surface area contributed by atoms with Crippen molar-refractivity contribution in [3.05, 3.63) is 34.9 Å². The Hall–Kier alpha value is -1.29. The van der Waals surface area contributed by atoms with Crippen molar-refractivity contribution in [1.29, 1.82) is 5.26 Å². The quantitative estimate of drug-likeness (QED) is 0.531. The summed E-state index contributed by atoms with van der Waals surface area (Å²) in [5.74, 6) is 4.05. The molecule has 142 valence electrons. The number of rotatable bonds is 6. The zero-order valence-electron chi connectivity index (χ0n) is 17.0. The summed E-state index contributed by atoms with van der Waals surface area (Å²) >= 11 is 0. The molecule has 3 rings (SSSR count). The predicted molar refractivity (Wildman–Crippen MR) is 110 cm³/mol. The first-order valence-corrected chi connectivity index (χ1v) is 11.2. The predicted octanol–water partition coefficient (Wildman–Crippen LogP) is 7.21. The molecule has 0 unspecified atom stereocenters. The second kappa shape index (κ2) is 9.59. The summed E-state index contributed by atoms with van der Waals surface area (Å²) in [7, 11) is 0. The fourth-order valence-corrected chi connectivity index (χ4v) is 5.71. The van der Waals surface area contributed by atoms with Gasteiger partial charge in [0.2, 0.25) is 0 Å². The molecular weight excluding hydrogens is 314 g/mol. The molecule has 2 aliphatic carbocycles. The van der Waals surface area contributed by atoms with Crippen molar-refractivity contribution in [1.82, 2.24) is 0 Å². The van der Waals surface area contributed by atoms with Gasteiger partial charge in [-0.3, -0.25) is 0 Å². The van der Waals surface area contributed by atoms with E-state index in [0.29, 0.717) is 0 Å².